The van der Waals surface area contributed by atoms with Crippen LogP contribution in [0.3, 0.4) is 0 Å². The van der Waals surface area contributed by atoms with Gasteiger partial charge >= 0.3 is 0 Å². The molecule has 1 heterocycles. The van der Waals surface area contributed by atoms with Crippen molar-refractivity contribution in [1.29, 1.82) is 0 Å². The molecule has 0 amide bonds. The Labute approximate surface area is 181 Å². The molecule has 30 heavy (non-hydrogen) atoms. The summed E-state index contributed by atoms with van der Waals surface area (Å²) in [6.45, 7) is 2.38. The van der Waals surface area contributed by atoms with Crippen LogP contribution >= 0.6 is 0 Å². The van der Waals surface area contributed by atoms with Crippen LogP contribution in [0.15, 0.2) is 93.2 Å². The minimum atomic E-state index is 0.717. The summed E-state index contributed by atoms with van der Waals surface area (Å²) < 4.78 is 0. The zero-order valence-electron chi connectivity index (χ0n) is 18.1. The fourth-order valence-corrected chi connectivity index (χ4v) is 6.31. The van der Waals surface area contributed by atoms with E-state index >= 15 is 0 Å². The zero-order chi connectivity index (χ0) is 19.9. The SMILES string of the molecule is C1=C2/C=C3C=C(/C=C4C=C(/C=C5C=C(/C=C1/CC2)CC\5)C[C@H]\4C1CCNCC1)CC\3. The first-order chi connectivity index (χ1) is 14.8. The molecule has 1 saturated heterocycles. The van der Waals surface area contributed by atoms with E-state index in [0.29, 0.717) is 5.92 Å². The summed E-state index contributed by atoms with van der Waals surface area (Å²) in [5.74, 6) is 1.55. The van der Waals surface area contributed by atoms with Crippen LogP contribution in [0.4, 0.5) is 0 Å². The van der Waals surface area contributed by atoms with Crippen molar-refractivity contribution in [3.05, 3.63) is 93.2 Å². The van der Waals surface area contributed by atoms with Gasteiger partial charge in [-0.1, -0.05) is 48.6 Å². The maximum Gasteiger partial charge on any atom is -0.00460 e. The predicted molar refractivity (Wildman–Crippen MR) is 126 cm³/mol. The molecule has 1 heteroatoms. The first-order valence-electron chi connectivity index (χ1n) is 12.1. The summed E-state index contributed by atoms with van der Waals surface area (Å²) in [5.41, 5.74) is 12.4. The van der Waals surface area contributed by atoms with Gasteiger partial charge in [0.25, 0.3) is 0 Å². The van der Waals surface area contributed by atoms with Crippen molar-refractivity contribution >= 4 is 0 Å². The van der Waals surface area contributed by atoms with Gasteiger partial charge in [0.1, 0.15) is 0 Å². The van der Waals surface area contributed by atoms with Gasteiger partial charge in [0.15, 0.2) is 0 Å². The highest BCUT2D eigenvalue weighted by atomic mass is 14.9. The molecule has 0 unspecified atom stereocenters. The highest BCUT2D eigenvalue weighted by Crippen LogP contribution is 2.42. The zero-order valence-corrected chi connectivity index (χ0v) is 18.1. The maximum absolute atomic E-state index is 3.56. The van der Waals surface area contributed by atoms with E-state index in [2.05, 4.69) is 53.9 Å². The predicted octanol–water partition coefficient (Wildman–Crippen LogP) is 6.81. The maximum atomic E-state index is 3.56. The molecule has 1 atom stereocenters. The summed E-state index contributed by atoms with van der Waals surface area (Å²) in [6.07, 6.45) is 31.1. The Kier molecular flexibility index (Phi) is 4.88. The average Bonchev–Trinajstić information content (AvgIpc) is 3.53. The van der Waals surface area contributed by atoms with E-state index in [1.165, 1.54) is 98.7 Å². The molecule has 1 nitrogen and oxygen atoms in total. The molecule has 154 valence electrons. The van der Waals surface area contributed by atoms with Gasteiger partial charge in [0, 0.05) is 0 Å². The summed E-state index contributed by atoms with van der Waals surface area (Å²) in [5, 5.41) is 3.56. The van der Waals surface area contributed by atoms with E-state index in [4.69, 9.17) is 0 Å². The fraction of sp³-hybridized carbons (Fsp3) is 0.448. The van der Waals surface area contributed by atoms with Gasteiger partial charge in [-0.25, -0.2) is 0 Å². The van der Waals surface area contributed by atoms with Gasteiger partial charge in [-0.3, -0.25) is 0 Å². The molecule has 8 bridgehead atoms. The monoisotopic (exact) mass is 395 g/mol. The smallest absolute Gasteiger partial charge is 0.00460 e. The van der Waals surface area contributed by atoms with E-state index in [9.17, 15) is 0 Å². The van der Waals surface area contributed by atoms with Crippen LogP contribution in [0.1, 0.15) is 57.8 Å². The molecule has 5 aliphatic carbocycles. The third kappa shape index (κ3) is 3.81. The van der Waals surface area contributed by atoms with Crippen LogP contribution < -0.4 is 5.32 Å². The lowest BCUT2D eigenvalue weighted by Gasteiger charge is -2.29. The molecule has 6 rings (SSSR count). The number of fused-ring (bicyclic) bond motifs is 4. The second kappa shape index (κ2) is 7.85. The number of nitrogens with one attached hydrogen (secondary N) is 1. The highest BCUT2D eigenvalue weighted by Gasteiger charge is 2.30. The van der Waals surface area contributed by atoms with Crippen LogP contribution in [-0.2, 0) is 0 Å². The number of piperidine rings is 1. The Hall–Kier alpha value is -2.12. The van der Waals surface area contributed by atoms with Gasteiger partial charge < -0.3 is 5.32 Å². The molecule has 0 radical (unpaired) electrons. The molecule has 1 fully saturated rings. The first-order valence-corrected chi connectivity index (χ1v) is 12.1. The van der Waals surface area contributed by atoms with E-state index in [0.717, 1.165) is 5.92 Å². The summed E-state index contributed by atoms with van der Waals surface area (Å²) in [7, 11) is 0. The third-order valence-electron chi connectivity index (χ3n) is 7.87. The van der Waals surface area contributed by atoms with Crippen molar-refractivity contribution in [3.63, 3.8) is 0 Å². The molecule has 1 N–H and O–H groups in total. The van der Waals surface area contributed by atoms with E-state index in [1.807, 2.05) is 0 Å². The van der Waals surface area contributed by atoms with Crippen LogP contribution in [0.5, 0.6) is 0 Å². The number of hydrogen-bond acceptors (Lipinski definition) is 1. The largest absolute Gasteiger partial charge is 0.317 e. The lowest BCUT2D eigenvalue weighted by molar-refractivity contribution is 0.296. The van der Waals surface area contributed by atoms with Crippen LogP contribution in [0, 0.1) is 11.8 Å². The molecule has 0 aromatic heterocycles. The Morgan fingerprint density at radius 3 is 1.43 bits per heavy atom. The molecule has 0 saturated carbocycles. The van der Waals surface area contributed by atoms with E-state index in [1.54, 1.807) is 16.7 Å². The third-order valence-corrected chi connectivity index (χ3v) is 7.87. The molecular formula is C29H33N. The van der Waals surface area contributed by atoms with Gasteiger partial charge in [0.05, 0.1) is 0 Å². The van der Waals surface area contributed by atoms with Crippen molar-refractivity contribution in [2.45, 2.75) is 57.8 Å². The molecule has 0 spiro atoms. The second-order valence-corrected chi connectivity index (χ2v) is 10.1. The number of rotatable bonds is 1. The fourth-order valence-electron chi connectivity index (χ4n) is 6.31. The number of hydrogen-bond donors (Lipinski definition) is 1. The van der Waals surface area contributed by atoms with Gasteiger partial charge in [-0.2, -0.15) is 0 Å². The first kappa shape index (κ1) is 18.6. The normalized spacial score (nSPS) is 35.8. The molecular weight excluding hydrogens is 362 g/mol. The lowest BCUT2D eigenvalue weighted by atomic mass is 9.80. The Morgan fingerprint density at radius 1 is 0.500 bits per heavy atom. The van der Waals surface area contributed by atoms with Gasteiger partial charge in [-0.15, -0.1) is 0 Å². The van der Waals surface area contributed by atoms with Crippen LogP contribution in [0.2, 0.25) is 0 Å². The van der Waals surface area contributed by atoms with Crippen LogP contribution in [-0.4, -0.2) is 13.1 Å². The minimum Gasteiger partial charge on any atom is -0.317 e. The second-order valence-electron chi connectivity index (χ2n) is 10.1. The van der Waals surface area contributed by atoms with E-state index < -0.39 is 0 Å². The van der Waals surface area contributed by atoms with Crippen LogP contribution in [0.25, 0.3) is 0 Å². The van der Waals surface area contributed by atoms with E-state index in [-0.39, 0.29) is 0 Å². The Bertz CT molecular complexity index is 995. The summed E-state index contributed by atoms with van der Waals surface area (Å²) in [4.78, 5) is 0. The van der Waals surface area contributed by atoms with Crippen molar-refractivity contribution in [2.75, 3.05) is 13.1 Å². The Morgan fingerprint density at radius 2 is 0.933 bits per heavy atom. The van der Waals surface area contributed by atoms with Gasteiger partial charge in [-0.05, 0) is 127 Å². The van der Waals surface area contributed by atoms with Gasteiger partial charge in [0.2, 0.25) is 0 Å². The Balaban J connectivity index is 1.40. The summed E-state index contributed by atoms with van der Waals surface area (Å²) in [6, 6.07) is 0. The topological polar surface area (TPSA) is 12.0 Å². The summed E-state index contributed by atoms with van der Waals surface area (Å²) >= 11 is 0. The number of allylic oxidation sites excluding steroid dienone is 16. The lowest BCUT2D eigenvalue weighted by Crippen LogP contribution is -2.31. The molecule has 6 aliphatic rings. The molecule has 0 aromatic rings. The van der Waals surface area contributed by atoms with Crippen molar-refractivity contribution in [2.24, 2.45) is 11.8 Å². The average molecular weight is 396 g/mol. The quantitative estimate of drug-likeness (QED) is 0.514. The van der Waals surface area contributed by atoms with Crippen molar-refractivity contribution < 1.29 is 0 Å². The van der Waals surface area contributed by atoms with Crippen molar-refractivity contribution in [3.8, 4) is 0 Å². The molecule has 0 aromatic carbocycles. The standard InChI is InChI=1S/C29H33N/c1-2-21-11-20(1)12-22-3-4-24(14-22)16-26-18-28(17-25-6-5-23(13-21)15-25)29(19-26)27-7-9-30-10-8-27/h11-18,27,29-30H,1-10,19H2/b20-12-,21-13?,22-12?,23-13-,24-16-,25-17?,26-16?,28-17+/t29-/m0/s1. The molecule has 1 aliphatic heterocycles. The van der Waals surface area contributed by atoms with Crippen molar-refractivity contribution in [1.82, 2.24) is 5.32 Å². The highest BCUT2D eigenvalue weighted by molar-refractivity contribution is 5.52. The minimum absolute atomic E-state index is 0.717.